The first-order chi connectivity index (χ1) is 6.54. The largest absolute Gasteiger partial charge is 0.465 e. The van der Waals surface area contributed by atoms with Gasteiger partial charge in [-0.05, 0) is 19.8 Å². The van der Waals surface area contributed by atoms with Crippen LogP contribution in [0.25, 0.3) is 0 Å². The minimum absolute atomic E-state index is 0.175. The summed E-state index contributed by atoms with van der Waals surface area (Å²) in [6.07, 6.45) is 0.484. The molecule has 1 rings (SSSR count). The van der Waals surface area contributed by atoms with Crippen molar-refractivity contribution < 1.29 is 24.1 Å². The van der Waals surface area contributed by atoms with Crippen LogP contribution in [-0.4, -0.2) is 43.3 Å². The average Bonchev–Trinajstić information content (AvgIpc) is 2.16. The third-order valence-electron chi connectivity index (χ3n) is 2.42. The molecule has 0 aromatic carbocycles. The van der Waals surface area contributed by atoms with Crippen molar-refractivity contribution in [2.75, 3.05) is 14.2 Å². The minimum Gasteiger partial charge on any atom is -0.465 e. The van der Waals surface area contributed by atoms with Crippen molar-refractivity contribution in [1.82, 2.24) is 0 Å². The Morgan fingerprint density at radius 2 is 2.14 bits per heavy atom. The van der Waals surface area contributed by atoms with Crippen molar-refractivity contribution in [3.05, 3.63) is 0 Å². The van der Waals surface area contributed by atoms with E-state index in [4.69, 9.17) is 9.47 Å². The molecule has 82 valence electrons. The van der Waals surface area contributed by atoms with Gasteiger partial charge >= 0.3 is 5.97 Å². The van der Waals surface area contributed by atoms with Crippen LogP contribution in [-0.2, 0) is 19.0 Å². The predicted octanol–water partition coefficient (Wildman–Crippen LogP) is 0.0619. The summed E-state index contributed by atoms with van der Waals surface area (Å²) in [7, 11) is 2.63. The van der Waals surface area contributed by atoms with Gasteiger partial charge in [-0.15, -0.1) is 0 Å². The van der Waals surface area contributed by atoms with E-state index in [0.717, 1.165) is 6.42 Å². The van der Waals surface area contributed by atoms with Crippen LogP contribution in [0.15, 0.2) is 0 Å². The highest BCUT2D eigenvalue weighted by molar-refractivity contribution is 5.78. The number of hydrogen-bond acceptors (Lipinski definition) is 5. The summed E-state index contributed by atoms with van der Waals surface area (Å²) in [6.45, 7) is 1.79. The smallest absolute Gasteiger partial charge is 0.369 e. The lowest BCUT2D eigenvalue weighted by atomic mass is 9.98. The molecular weight excluding hydrogens is 188 g/mol. The first kappa shape index (κ1) is 11.4. The lowest BCUT2D eigenvalue weighted by Gasteiger charge is -2.38. The van der Waals surface area contributed by atoms with Crippen molar-refractivity contribution in [1.29, 1.82) is 0 Å². The molecule has 0 aliphatic carbocycles. The Labute approximate surface area is 82.9 Å². The van der Waals surface area contributed by atoms with E-state index < -0.39 is 17.9 Å². The average molecular weight is 204 g/mol. The van der Waals surface area contributed by atoms with E-state index in [2.05, 4.69) is 4.74 Å². The van der Waals surface area contributed by atoms with Crippen LogP contribution in [0.1, 0.15) is 19.8 Å². The number of rotatable bonds is 2. The molecule has 1 heterocycles. The SMILES string of the molecule is COC(=O)[C@]1(O)O[C@H](C)CC[C@H]1OC. The van der Waals surface area contributed by atoms with Crippen LogP contribution in [0, 0.1) is 0 Å². The van der Waals surface area contributed by atoms with E-state index in [1.165, 1.54) is 14.2 Å². The van der Waals surface area contributed by atoms with Gasteiger partial charge in [-0.2, -0.15) is 0 Å². The molecular formula is C9H16O5. The molecule has 1 aliphatic heterocycles. The van der Waals surface area contributed by atoms with Crippen molar-refractivity contribution in [3.63, 3.8) is 0 Å². The maximum Gasteiger partial charge on any atom is 0.369 e. The first-order valence-corrected chi connectivity index (χ1v) is 4.56. The van der Waals surface area contributed by atoms with Crippen molar-refractivity contribution >= 4 is 5.97 Å². The van der Waals surface area contributed by atoms with Gasteiger partial charge in [-0.3, -0.25) is 0 Å². The van der Waals surface area contributed by atoms with E-state index in [0.29, 0.717) is 6.42 Å². The molecule has 0 aromatic rings. The molecule has 0 amide bonds. The summed E-state index contributed by atoms with van der Waals surface area (Å²) in [4.78, 5) is 11.3. The number of carbonyl (C=O) groups excluding carboxylic acids is 1. The van der Waals surface area contributed by atoms with Crippen LogP contribution >= 0.6 is 0 Å². The van der Waals surface area contributed by atoms with Gasteiger partial charge < -0.3 is 19.3 Å². The molecule has 1 N–H and O–H groups in total. The van der Waals surface area contributed by atoms with Crippen LogP contribution in [0.4, 0.5) is 0 Å². The second kappa shape index (κ2) is 4.25. The molecule has 0 saturated carbocycles. The van der Waals surface area contributed by atoms with Gasteiger partial charge in [0.2, 0.25) is 0 Å². The summed E-state index contributed by atoms with van der Waals surface area (Å²) in [6, 6.07) is 0. The standard InChI is InChI=1S/C9H16O5/c1-6-4-5-7(12-2)9(11,14-6)8(10)13-3/h6-7,11H,4-5H2,1-3H3/t6-,7-,9-/m1/s1. The Morgan fingerprint density at radius 1 is 1.50 bits per heavy atom. The maximum atomic E-state index is 11.3. The van der Waals surface area contributed by atoms with Crippen LogP contribution < -0.4 is 0 Å². The maximum absolute atomic E-state index is 11.3. The van der Waals surface area contributed by atoms with Crippen molar-refractivity contribution in [2.24, 2.45) is 0 Å². The number of methoxy groups -OCH3 is 2. The van der Waals surface area contributed by atoms with Gasteiger partial charge in [0.05, 0.1) is 13.2 Å². The molecule has 1 saturated heterocycles. The molecule has 0 spiro atoms. The lowest BCUT2D eigenvalue weighted by molar-refractivity contribution is -0.295. The number of hydrogen-bond donors (Lipinski definition) is 1. The monoisotopic (exact) mass is 204 g/mol. The third kappa shape index (κ3) is 1.89. The topological polar surface area (TPSA) is 65.0 Å². The summed E-state index contributed by atoms with van der Waals surface area (Å²) in [5, 5.41) is 9.95. The number of esters is 1. The Morgan fingerprint density at radius 3 is 2.64 bits per heavy atom. The number of ether oxygens (including phenoxy) is 3. The van der Waals surface area contributed by atoms with E-state index in [-0.39, 0.29) is 6.10 Å². The van der Waals surface area contributed by atoms with E-state index in [1.807, 2.05) is 0 Å². The van der Waals surface area contributed by atoms with Crippen LogP contribution in [0.3, 0.4) is 0 Å². The fourth-order valence-electron chi connectivity index (χ4n) is 1.63. The van der Waals surface area contributed by atoms with Gasteiger partial charge in [0.15, 0.2) is 0 Å². The van der Waals surface area contributed by atoms with Gasteiger partial charge in [0, 0.05) is 7.11 Å². The Balaban J connectivity index is 2.82. The molecule has 5 heteroatoms. The highest BCUT2D eigenvalue weighted by Crippen LogP contribution is 2.29. The fraction of sp³-hybridized carbons (Fsp3) is 0.889. The second-order valence-corrected chi connectivity index (χ2v) is 3.42. The van der Waals surface area contributed by atoms with Gasteiger partial charge in [0.1, 0.15) is 6.10 Å². The van der Waals surface area contributed by atoms with Crippen molar-refractivity contribution in [2.45, 2.75) is 37.8 Å². The molecule has 14 heavy (non-hydrogen) atoms. The zero-order valence-corrected chi connectivity index (χ0v) is 8.65. The zero-order chi connectivity index (χ0) is 10.8. The summed E-state index contributed by atoms with van der Waals surface area (Å²) in [5.41, 5.74) is 0. The zero-order valence-electron chi connectivity index (χ0n) is 8.65. The summed E-state index contributed by atoms with van der Waals surface area (Å²) >= 11 is 0. The van der Waals surface area contributed by atoms with E-state index >= 15 is 0 Å². The second-order valence-electron chi connectivity index (χ2n) is 3.42. The molecule has 0 radical (unpaired) electrons. The fourth-order valence-corrected chi connectivity index (χ4v) is 1.63. The van der Waals surface area contributed by atoms with Crippen LogP contribution in [0.5, 0.6) is 0 Å². The van der Waals surface area contributed by atoms with E-state index in [1.54, 1.807) is 6.92 Å². The summed E-state index contributed by atoms with van der Waals surface area (Å²) < 4.78 is 14.7. The summed E-state index contributed by atoms with van der Waals surface area (Å²) in [5.74, 6) is -2.77. The van der Waals surface area contributed by atoms with Gasteiger partial charge in [-0.25, -0.2) is 4.79 Å². The molecule has 3 atom stereocenters. The Hall–Kier alpha value is -0.650. The number of aliphatic hydroxyl groups is 1. The third-order valence-corrected chi connectivity index (χ3v) is 2.42. The molecule has 0 aromatic heterocycles. The highest BCUT2D eigenvalue weighted by atomic mass is 16.7. The van der Waals surface area contributed by atoms with Gasteiger partial charge in [0.25, 0.3) is 5.79 Å². The molecule has 1 aliphatic rings. The Kier molecular flexibility index (Phi) is 3.47. The van der Waals surface area contributed by atoms with Crippen LogP contribution in [0.2, 0.25) is 0 Å². The molecule has 0 unspecified atom stereocenters. The quantitative estimate of drug-likeness (QED) is 0.644. The minimum atomic E-state index is -1.96. The first-order valence-electron chi connectivity index (χ1n) is 4.56. The molecule has 5 nitrogen and oxygen atoms in total. The molecule has 1 fully saturated rings. The van der Waals surface area contributed by atoms with E-state index in [9.17, 15) is 9.90 Å². The van der Waals surface area contributed by atoms with Crippen molar-refractivity contribution in [3.8, 4) is 0 Å². The Bertz CT molecular complexity index is 217. The predicted molar refractivity (Wildman–Crippen MR) is 47.5 cm³/mol. The number of carbonyl (C=O) groups is 1. The highest BCUT2D eigenvalue weighted by Gasteiger charge is 2.50. The lowest BCUT2D eigenvalue weighted by Crippen LogP contribution is -2.57. The molecule has 0 bridgehead atoms. The normalized spacial score (nSPS) is 38.0. The van der Waals surface area contributed by atoms with Gasteiger partial charge in [-0.1, -0.05) is 0 Å².